The van der Waals surface area contributed by atoms with Crippen molar-refractivity contribution < 1.29 is 0 Å². The average molecular weight is 282 g/mol. The van der Waals surface area contributed by atoms with Gasteiger partial charge in [0.1, 0.15) is 0 Å². The molecule has 2 heteroatoms. The van der Waals surface area contributed by atoms with Crippen molar-refractivity contribution >= 4 is 10.9 Å². The molecule has 2 aliphatic rings. The lowest BCUT2D eigenvalue weighted by atomic mass is 10.1. The number of hydrogen-bond donors (Lipinski definition) is 0. The Balaban J connectivity index is 1.52. The molecule has 4 rings (SSSR count). The van der Waals surface area contributed by atoms with Gasteiger partial charge in [-0.2, -0.15) is 0 Å². The van der Waals surface area contributed by atoms with Gasteiger partial charge in [-0.05, 0) is 62.7 Å². The van der Waals surface area contributed by atoms with Crippen LogP contribution >= 0.6 is 0 Å². The number of benzene rings is 1. The van der Waals surface area contributed by atoms with Gasteiger partial charge in [0.15, 0.2) is 0 Å². The molecule has 0 N–H and O–H groups in total. The van der Waals surface area contributed by atoms with Crippen LogP contribution < -0.4 is 0 Å². The molecule has 0 unspecified atom stereocenters. The first-order chi connectivity index (χ1) is 10.4. The van der Waals surface area contributed by atoms with Gasteiger partial charge in [-0.15, -0.1) is 0 Å². The molecule has 2 heterocycles. The van der Waals surface area contributed by atoms with Crippen LogP contribution in [0.25, 0.3) is 10.9 Å². The molecule has 2 fully saturated rings. The molecule has 1 aliphatic carbocycles. The molecule has 1 saturated carbocycles. The Morgan fingerprint density at radius 3 is 2.62 bits per heavy atom. The second-order valence-corrected chi connectivity index (χ2v) is 6.92. The van der Waals surface area contributed by atoms with Crippen LogP contribution in [0.1, 0.15) is 37.7 Å². The van der Waals surface area contributed by atoms with E-state index in [0.29, 0.717) is 0 Å². The van der Waals surface area contributed by atoms with Crippen molar-refractivity contribution in [3.05, 3.63) is 36.0 Å². The second kappa shape index (κ2) is 5.84. The van der Waals surface area contributed by atoms with Gasteiger partial charge in [-0.1, -0.05) is 24.6 Å². The number of likely N-dealkylation sites (tertiary alicyclic amines) is 1. The predicted molar refractivity (Wildman–Crippen MR) is 88.7 cm³/mol. The van der Waals surface area contributed by atoms with Crippen LogP contribution in [0.15, 0.2) is 30.5 Å². The number of para-hydroxylation sites is 1. The Morgan fingerprint density at radius 1 is 1.00 bits per heavy atom. The fourth-order valence-corrected chi connectivity index (χ4v) is 3.71. The maximum atomic E-state index is 2.65. The highest BCUT2D eigenvalue weighted by Gasteiger charge is 2.22. The van der Waals surface area contributed by atoms with Crippen LogP contribution in [-0.4, -0.2) is 29.1 Å². The van der Waals surface area contributed by atoms with E-state index in [2.05, 4.69) is 39.9 Å². The van der Waals surface area contributed by atoms with Crippen molar-refractivity contribution in [2.45, 2.75) is 45.1 Å². The zero-order valence-electron chi connectivity index (χ0n) is 12.9. The summed E-state index contributed by atoms with van der Waals surface area (Å²) in [6.07, 6.45) is 10.7. The maximum Gasteiger partial charge on any atom is 0.0483 e. The molecule has 0 atom stereocenters. The highest BCUT2D eigenvalue weighted by Crippen LogP contribution is 2.33. The van der Waals surface area contributed by atoms with E-state index in [1.165, 1.54) is 75.6 Å². The van der Waals surface area contributed by atoms with Gasteiger partial charge in [0.25, 0.3) is 0 Å². The topological polar surface area (TPSA) is 8.17 Å². The van der Waals surface area contributed by atoms with Crippen LogP contribution in [0.5, 0.6) is 0 Å². The van der Waals surface area contributed by atoms with Crippen LogP contribution in [0, 0.1) is 5.92 Å². The van der Waals surface area contributed by atoms with Crippen LogP contribution in [0.3, 0.4) is 0 Å². The van der Waals surface area contributed by atoms with Gasteiger partial charge >= 0.3 is 0 Å². The molecule has 2 aromatic rings. The molecule has 1 saturated heterocycles. The molecule has 112 valence electrons. The molecule has 1 aliphatic heterocycles. The fraction of sp³-hybridized carbons (Fsp3) is 0.579. The molecule has 0 spiro atoms. The molecule has 1 aromatic heterocycles. The van der Waals surface area contributed by atoms with Gasteiger partial charge in [0.05, 0.1) is 0 Å². The Hall–Kier alpha value is -1.28. The number of nitrogens with zero attached hydrogens (tertiary/aromatic N) is 2. The van der Waals surface area contributed by atoms with E-state index in [-0.39, 0.29) is 0 Å². The third-order valence-corrected chi connectivity index (χ3v) is 5.17. The van der Waals surface area contributed by atoms with Crippen molar-refractivity contribution in [1.29, 1.82) is 0 Å². The van der Waals surface area contributed by atoms with E-state index < -0.39 is 0 Å². The lowest BCUT2D eigenvalue weighted by molar-refractivity contribution is 0.231. The number of hydrogen-bond acceptors (Lipinski definition) is 1. The lowest BCUT2D eigenvalue weighted by Crippen LogP contribution is -2.31. The zero-order valence-corrected chi connectivity index (χ0v) is 12.9. The molecule has 1 aromatic carbocycles. The summed E-state index contributed by atoms with van der Waals surface area (Å²) in [7, 11) is 0. The van der Waals surface area contributed by atoms with Crippen molar-refractivity contribution in [3.63, 3.8) is 0 Å². The largest absolute Gasteiger partial charge is 0.347 e. The summed E-state index contributed by atoms with van der Waals surface area (Å²) < 4.78 is 2.51. The van der Waals surface area contributed by atoms with Crippen LogP contribution in [0.2, 0.25) is 0 Å². The monoisotopic (exact) mass is 282 g/mol. The van der Waals surface area contributed by atoms with E-state index >= 15 is 0 Å². The molecule has 0 radical (unpaired) electrons. The van der Waals surface area contributed by atoms with E-state index in [1.54, 1.807) is 5.56 Å². The zero-order chi connectivity index (χ0) is 14.1. The first-order valence-electron chi connectivity index (χ1n) is 8.69. The van der Waals surface area contributed by atoms with Gasteiger partial charge in [0.2, 0.25) is 0 Å². The van der Waals surface area contributed by atoms with E-state index in [1.807, 2.05) is 0 Å². The molecular formula is C19H26N2. The minimum Gasteiger partial charge on any atom is -0.347 e. The molecule has 0 amide bonds. The Morgan fingerprint density at radius 2 is 1.81 bits per heavy atom. The minimum atomic E-state index is 0.941. The number of piperidine rings is 1. The summed E-state index contributed by atoms with van der Waals surface area (Å²) in [4.78, 5) is 2.65. The molecule has 21 heavy (non-hydrogen) atoms. The first-order valence-corrected chi connectivity index (χ1v) is 8.69. The second-order valence-electron chi connectivity index (χ2n) is 6.92. The van der Waals surface area contributed by atoms with E-state index in [9.17, 15) is 0 Å². The van der Waals surface area contributed by atoms with Gasteiger partial charge in [-0.25, -0.2) is 0 Å². The van der Waals surface area contributed by atoms with Crippen LogP contribution in [0.4, 0.5) is 0 Å². The van der Waals surface area contributed by atoms with Crippen molar-refractivity contribution in [2.24, 2.45) is 5.92 Å². The van der Waals surface area contributed by atoms with E-state index in [0.717, 1.165) is 5.92 Å². The SMILES string of the molecule is c1ccc2c(c1)c(CCN1CCCCC1)cn2CC1CC1. The van der Waals surface area contributed by atoms with Crippen LogP contribution in [-0.2, 0) is 13.0 Å². The molecule has 2 nitrogen and oxygen atoms in total. The lowest BCUT2D eigenvalue weighted by Gasteiger charge is -2.26. The Kier molecular flexibility index (Phi) is 3.72. The third-order valence-electron chi connectivity index (χ3n) is 5.17. The highest BCUT2D eigenvalue weighted by molar-refractivity contribution is 5.84. The Bertz CT molecular complexity index is 603. The number of rotatable bonds is 5. The van der Waals surface area contributed by atoms with Gasteiger partial charge < -0.3 is 9.47 Å². The van der Waals surface area contributed by atoms with Gasteiger partial charge in [-0.3, -0.25) is 0 Å². The summed E-state index contributed by atoms with van der Waals surface area (Å²) in [6.45, 7) is 5.07. The summed E-state index contributed by atoms with van der Waals surface area (Å²) in [5.74, 6) is 0.941. The summed E-state index contributed by atoms with van der Waals surface area (Å²) in [6, 6.07) is 8.97. The fourth-order valence-electron chi connectivity index (χ4n) is 3.71. The van der Waals surface area contributed by atoms with Crippen molar-refractivity contribution in [1.82, 2.24) is 9.47 Å². The highest BCUT2D eigenvalue weighted by atomic mass is 15.1. The smallest absolute Gasteiger partial charge is 0.0483 e. The van der Waals surface area contributed by atoms with Crippen molar-refractivity contribution in [3.8, 4) is 0 Å². The number of aromatic nitrogens is 1. The van der Waals surface area contributed by atoms with Crippen molar-refractivity contribution in [2.75, 3.05) is 19.6 Å². The van der Waals surface area contributed by atoms with Gasteiger partial charge in [0, 0.05) is 30.2 Å². The predicted octanol–water partition coefficient (Wildman–Crippen LogP) is 4.08. The third kappa shape index (κ3) is 3.01. The van der Waals surface area contributed by atoms with E-state index in [4.69, 9.17) is 0 Å². The maximum absolute atomic E-state index is 2.65. The summed E-state index contributed by atoms with van der Waals surface area (Å²) in [5.41, 5.74) is 3.00. The minimum absolute atomic E-state index is 0.941. The average Bonchev–Trinajstić information content (AvgIpc) is 3.29. The molecular weight excluding hydrogens is 256 g/mol. The molecule has 0 bridgehead atoms. The first kappa shape index (κ1) is 13.4. The normalized spacial score (nSPS) is 20.2. The number of fused-ring (bicyclic) bond motifs is 1. The quantitative estimate of drug-likeness (QED) is 0.802. The summed E-state index contributed by atoms with van der Waals surface area (Å²) in [5, 5.41) is 1.48. The summed E-state index contributed by atoms with van der Waals surface area (Å²) >= 11 is 0. The standard InChI is InChI=1S/C19H26N2/c1-4-11-20(12-5-1)13-10-17-15-21(14-16-8-9-16)19-7-3-2-6-18(17)19/h2-3,6-7,15-16H,1,4-5,8-14H2. The Labute approximate surface area is 127 Å².